The van der Waals surface area contributed by atoms with Crippen LogP contribution in [0.25, 0.3) is 0 Å². The second kappa shape index (κ2) is 9.48. The van der Waals surface area contributed by atoms with E-state index >= 15 is 0 Å². The molecular formula is C21H24N2O2. The summed E-state index contributed by atoms with van der Waals surface area (Å²) in [4.78, 5) is 11.9. The van der Waals surface area contributed by atoms with Crippen molar-refractivity contribution in [3.63, 3.8) is 0 Å². The van der Waals surface area contributed by atoms with Gasteiger partial charge in [0.25, 0.3) is 0 Å². The van der Waals surface area contributed by atoms with Crippen LogP contribution in [-0.4, -0.2) is 18.6 Å². The number of amides is 1. The van der Waals surface area contributed by atoms with Gasteiger partial charge in [-0.25, -0.2) is 0 Å². The summed E-state index contributed by atoms with van der Waals surface area (Å²) < 4.78 is 5.61. The summed E-state index contributed by atoms with van der Waals surface area (Å²) in [6.07, 6.45) is 2.09. The minimum atomic E-state index is 0.0455. The van der Waals surface area contributed by atoms with Crippen LogP contribution in [0.1, 0.15) is 37.0 Å². The molecule has 4 nitrogen and oxygen atoms in total. The average molecular weight is 336 g/mol. The molecule has 0 atom stereocenters. The molecule has 0 aliphatic heterocycles. The van der Waals surface area contributed by atoms with Crippen molar-refractivity contribution in [3.05, 3.63) is 65.2 Å². The lowest BCUT2D eigenvalue weighted by molar-refractivity contribution is -0.121. The molecule has 4 heteroatoms. The third kappa shape index (κ3) is 6.68. The smallest absolute Gasteiger partial charge is 0.220 e. The Morgan fingerprint density at radius 1 is 1.04 bits per heavy atom. The van der Waals surface area contributed by atoms with E-state index < -0.39 is 0 Å². The van der Waals surface area contributed by atoms with Crippen LogP contribution in [0.5, 0.6) is 5.75 Å². The SMILES string of the molecule is CC(C)Oc1ccc(CCNC(=O)CCc2ccc(C#N)cc2)cc1. The van der Waals surface area contributed by atoms with E-state index in [0.29, 0.717) is 24.9 Å². The number of hydrogen-bond acceptors (Lipinski definition) is 3. The average Bonchev–Trinajstić information content (AvgIpc) is 2.61. The summed E-state index contributed by atoms with van der Waals surface area (Å²) in [5, 5.41) is 11.7. The van der Waals surface area contributed by atoms with Crippen molar-refractivity contribution in [3.8, 4) is 11.8 Å². The fourth-order valence-electron chi connectivity index (χ4n) is 2.45. The van der Waals surface area contributed by atoms with Crippen molar-refractivity contribution in [2.75, 3.05) is 6.54 Å². The Balaban J connectivity index is 1.68. The molecule has 0 heterocycles. The zero-order chi connectivity index (χ0) is 18.1. The normalized spacial score (nSPS) is 10.3. The highest BCUT2D eigenvalue weighted by Gasteiger charge is 2.03. The first-order valence-electron chi connectivity index (χ1n) is 8.58. The van der Waals surface area contributed by atoms with Crippen LogP contribution in [0.2, 0.25) is 0 Å². The van der Waals surface area contributed by atoms with Crippen molar-refractivity contribution < 1.29 is 9.53 Å². The van der Waals surface area contributed by atoms with Crippen LogP contribution in [0.4, 0.5) is 0 Å². The van der Waals surface area contributed by atoms with E-state index in [9.17, 15) is 4.79 Å². The largest absolute Gasteiger partial charge is 0.491 e. The van der Waals surface area contributed by atoms with Gasteiger partial charge in [-0.05, 0) is 62.1 Å². The topological polar surface area (TPSA) is 62.1 Å². The Morgan fingerprint density at radius 3 is 2.24 bits per heavy atom. The fraction of sp³-hybridized carbons (Fsp3) is 0.333. The molecule has 0 radical (unpaired) electrons. The summed E-state index contributed by atoms with van der Waals surface area (Å²) in [6.45, 7) is 4.62. The highest BCUT2D eigenvalue weighted by molar-refractivity contribution is 5.76. The molecule has 25 heavy (non-hydrogen) atoms. The highest BCUT2D eigenvalue weighted by Crippen LogP contribution is 2.14. The first-order valence-corrected chi connectivity index (χ1v) is 8.58. The molecule has 2 aromatic carbocycles. The lowest BCUT2D eigenvalue weighted by atomic mass is 10.1. The molecule has 0 saturated heterocycles. The zero-order valence-corrected chi connectivity index (χ0v) is 14.8. The van der Waals surface area contributed by atoms with Crippen LogP contribution in [0.15, 0.2) is 48.5 Å². The predicted molar refractivity (Wildman–Crippen MR) is 98.4 cm³/mol. The number of aryl methyl sites for hydroxylation is 1. The van der Waals surface area contributed by atoms with Gasteiger partial charge in [0.2, 0.25) is 5.91 Å². The summed E-state index contributed by atoms with van der Waals surface area (Å²) in [5.41, 5.74) is 2.87. The summed E-state index contributed by atoms with van der Waals surface area (Å²) in [6, 6.07) is 17.4. The minimum Gasteiger partial charge on any atom is -0.491 e. The Kier molecular flexibility index (Phi) is 7.03. The van der Waals surface area contributed by atoms with Crippen molar-refractivity contribution in [1.82, 2.24) is 5.32 Å². The van der Waals surface area contributed by atoms with Gasteiger partial charge in [0, 0.05) is 13.0 Å². The van der Waals surface area contributed by atoms with Gasteiger partial charge in [0.15, 0.2) is 0 Å². The fourth-order valence-corrected chi connectivity index (χ4v) is 2.45. The van der Waals surface area contributed by atoms with E-state index in [1.807, 2.05) is 50.2 Å². The molecule has 1 amide bonds. The number of ether oxygens (including phenoxy) is 1. The lowest BCUT2D eigenvalue weighted by Crippen LogP contribution is -2.25. The van der Waals surface area contributed by atoms with Crippen molar-refractivity contribution in [2.45, 2.75) is 39.2 Å². The zero-order valence-electron chi connectivity index (χ0n) is 14.8. The van der Waals surface area contributed by atoms with Gasteiger partial charge in [-0.2, -0.15) is 5.26 Å². The molecule has 0 aliphatic rings. The number of rotatable bonds is 8. The van der Waals surface area contributed by atoms with Gasteiger partial charge in [-0.1, -0.05) is 24.3 Å². The summed E-state index contributed by atoms with van der Waals surface area (Å²) in [5.74, 6) is 0.911. The second-order valence-corrected chi connectivity index (χ2v) is 6.22. The van der Waals surface area contributed by atoms with Crippen molar-refractivity contribution >= 4 is 5.91 Å². The molecule has 0 fully saturated rings. The van der Waals surface area contributed by atoms with E-state index in [2.05, 4.69) is 11.4 Å². The van der Waals surface area contributed by atoms with Crippen LogP contribution < -0.4 is 10.1 Å². The molecule has 0 bridgehead atoms. The Morgan fingerprint density at radius 2 is 1.64 bits per heavy atom. The summed E-state index contributed by atoms with van der Waals surface area (Å²) in [7, 11) is 0. The first-order chi connectivity index (χ1) is 12.1. The first kappa shape index (κ1) is 18.5. The lowest BCUT2D eigenvalue weighted by Gasteiger charge is -2.10. The maximum atomic E-state index is 11.9. The van der Waals surface area contributed by atoms with Gasteiger partial charge in [-0.15, -0.1) is 0 Å². The Bertz CT molecular complexity index is 713. The van der Waals surface area contributed by atoms with Gasteiger partial charge in [-0.3, -0.25) is 4.79 Å². The quantitative estimate of drug-likeness (QED) is 0.800. The van der Waals surface area contributed by atoms with E-state index in [4.69, 9.17) is 10.00 Å². The molecule has 2 aromatic rings. The monoisotopic (exact) mass is 336 g/mol. The van der Waals surface area contributed by atoms with E-state index in [-0.39, 0.29) is 12.0 Å². The number of nitrogens with zero attached hydrogens (tertiary/aromatic N) is 1. The molecule has 1 N–H and O–H groups in total. The third-order valence-corrected chi connectivity index (χ3v) is 3.75. The van der Waals surface area contributed by atoms with E-state index in [1.54, 1.807) is 12.1 Å². The molecule has 2 rings (SSSR count). The van der Waals surface area contributed by atoms with Crippen LogP contribution in [0, 0.1) is 11.3 Å². The maximum absolute atomic E-state index is 11.9. The van der Waals surface area contributed by atoms with Crippen LogP contribution in [0.3, 0.4) is 0 Å². The second-order valence-electron chi connectivity index (χ2n) is 6.22. The van der Waals surface area contributed by atoms with Crippen molar-refractivity contribution in [1.29, 1.82) is 5.26 Å². The third-order valence-electron chi connectivity index (χ3n) is 3.75. The number of carbonyl (C=O) groups is 1. The summed E-state index contributed by atoms with van der Waals surface area (Å²) >= 11 is 0. The molecule has 0 aromatic heterocycles. The van der Waals surface area contributed by atoms with Gasteiger partial charge >= 0.3 is 0 Å². The van der Waals surface area contributed by atoms with E-state index in [1.165, 1.54) is 5.56 Å². The predicted octanol–water partition coefficient (Wildman–Crippen LogP) is 3.64. The van der Waals surface area contributed by atoms with Crippen molar-refractivity contribution in [2.24, 2.45) is 0 Å². The highest BCUT2D eigenvalue weighted by atomic mass is 16.5. The number of hydrogen-bond donors (Lipinski definition) is 1. The van der Waals surface area contributed by atoms with Crippen LogP contribution >= 0.6 is 0 Å². The van der Waals surface area contributed by atoms with Gasteiger partial charge in [0.1, 0.15) is 5.75 Å². The number of nitriles is 1. The molecule has 0 spiro atoms. The number of benzene rings is 2. The molecule has 130 valence electrons. The van der Waals surface area contributed by atoms with Gasteiger partial charge < -0.3 is 10.1 Å². The van der Waals surface area contributed by atoms with E-state index in [0.717, 1.165) is 17.7 Å². The molecule has 0 aliphatic carbocycles. The molecule has 0 unspecified atom stereocenters. The molecule has 0 saturated carbocycles. The maximum Gasteiger partial charge on any atom is 0.220 e. The number of carbonyl (C=O) groups excluding carboxylic acids is 1. The Hall–Kier alpha value is -2.80. The minimum absolute atomic E-state index is 0.0455. The Labute approximate surface area is 149 Å². The van der Waals surface area contributed by atoms with Crippen LogP contribution in [-0.2, 0) is 17.6 Å². The molecular weight excluding hydrogens is 312 g/mol. The standard InChI is InChI=1S/C21H24N2O2/c1-16(2)25-20-10-7-18(8-11-20)13-14-23-21(24)12-9-17-3-5-19(15-22)6-4-17/h3-8,10-11,16H,9,12-14H2,1-2H3,(H,23,24). The van der Waals surface area contributed by atoms with Gasteiger partial charge in [0.05, 0.1) is 17.7 Å². The number of nitrogens with one attached hydrogen (secondary N) is 1.